The molecule has 0 bridgehead atoms. The van der Waals surface area contributed by atoms with Gasteiger partial charge in [0.05, 0.1) is 11.2 Å². The molecule has 0 saturated carbocycles. The van der Waals surface area contributed by atoms with E-state index in [1.165, 1.54) is 19.4 Å². The van der Waals surface area contributed by atoms with Gasteiger partial charge in [0.15, 0.2) is 5.65 Å². The van der Waals surface area contributed by atoms with Crippen molar-refractivity contribution >= 4 is 17.1 Å². The van der Waals surface area contributed by atoms with Gasteiger partial charge in [0.1, 0.15) is 5.60 Å². The molecule has 1 amide bonds. The van der Waals surface area contributed by atoms with Crippen molar-refractivity contribution in [2.24, 2.45) is 12.5 Å². The summed E-state index contributed by atoms with van der Waals surface area (Å²) in [5.41, 5.74) is 3.17. The molecule has 0 atom stereocenters. The Hall–Kier alpha value is -2.97. The van der Waals surface area contributed by atoms with Crippen LogP contribution >= 0.6 is 0 Å². The molecular weight excluding hydrogens is 442 g/mol. The first-order valence-electron chi connectivity index (χ1n) is 12.2. The summed E-state index contributed by atoms with van der Waals surface area (Å²) in [6, 6.07) is 12.3. The monoisotopic (exact) mass is 479 g/mol. The summed E-state index contributed by atoms with van der Waals surface area (Å²) in [7, 11) is 1.78. The number of aromatic nitrogens is 3. The molecule has 2 aromatic heterocycles. The third-order valence-corrected chi connectivity index (χ3v) is 6.43. The van der Waals surface area contributed by atoms with Crippen LogP contribution in [0.15, 0.2) is 41.2 Å². The number of carbonyl (C=O) groups excluding carboxylic acids is 1. The average molecular weight is 480 g/mol. The van der Waals surface area contributed by atoms with Gasteiger partial charge in [-0.2, -0.15) is 0 Å². The summed E-state index contributed by atoms with van der Waals surface area (Å²) in [5.74, 6) is -0.216. The third kappa shape index (κ3) is 5.49. The maximum atomic E-state index is 12.9. The molecule has 0 aliphatic carbocycles. The summed E-state index contributed by atoms with van der Waals surface area (Å²) < 4.78 is 3.44. The number of hydrogen-bond acceptors (Lipinski definition) is 5. The summed E-state index contributed by atoms with van der Waals surface area (Å²) in [5, 5.41) is 10.00. The number of aliphatic hydroxyl groups is 1. The zero-order chi connectivity index (χ0) is 25.5. The molecule has 1 fully saturated rings. The van der Waals surface area contributed by atoms with E-state index in [1.807, 2.05) is 28.8 Å². The fraction of sp³-hybridized carbons (Fsp3) is 0.519. The standard InChI is InChI=1S/C27H37N5O3/c1-26(2,3)18-32-22-11-10-21(28-23(22)29(6)25(32)34)20-9-7-8-19(16-20)17-30-12-14-31(15-13-30)24(33)27(4,5)35/h7-11,16,35H,12-15,17-18H2,1-6H3. The van der Waals surface area contributed by atoms with E-state index in [1.54, 1.807) is 16.5 Å². The quantitative estimate of drug-likeness (QED) is 0.608. The minimum atomic E-state index is -1.33. The Morgan fingerprint density at radius 3 is 2.34 bits per heavy atom. The molecule has 3 aromatic rings. The van der Waals surface area contributed by atoms with Crippen molar-refractivity contribution in [3.05, 3.63) is 52.4 Å². The van der Waals surface area contributed by atoms with Crippen LogP contribution in [0.5, 0.6) is 0 Å². The Bertz CT molecular complexity index is 1280. The van der Waals surface area contributed by atoms with E-state index in [2.05, 4.69) is 37.8 Å². The molecule has 0 spiro atoms. The van der Waals surface area contributed by atoms with Gasteiger partial charge in [0, 0.05) is 51.9 Å². The summed E-state index contributed by atoms with van der Waals surface area (Å²) >= 11 is 0. The van der Waals surface area contributed by atoms with Gasteiger partial charge in [-0.15, -0.1) is 0 Å². The van der Waals surface area contributed by atoms with Crippen molar-refractivity contribution in [2.75, 3.05) is 26.2 Å². The van der Waals surface area contributed by atoms with E-state index >= 15 is 0 Å². The number of imidazole rings is 1. The lowest BCUT2D eigenvalue weighted by atomic mass is 9.97. The van der Waals surface area contributed by atoms with Crippen molar-refractivity contribution in [3.63, 3.8) is 0 Å². The van der Waals surface area contributed by atoms with E-state index in [-0.39, 0.29) is 17.0 Å². The molecule has 35 heavy (non-hydrogen) atoms. The lowest BCUT2D eigenvalue weighted by Crippen LogP contribution is -2.53. The molecule has 1 N–H and O–H groups in total. The number of amides is 1. The largest absolute Gasteiger partial charge is 0.381 e. The molecule has 1 aliphatic rings. The summed E-state index contributed by atoms with van der Waals surface area (Å²) in [6.45, 7) is 13.6. The van der Waals surface area contributed by atoms with Crippen LogP contribution in [0.4, 0.5) is 0 Å². The van der Waals surface area contributed by atoms with Crippen LogP contribution in [0.25, 0.3) is 22.4 Å². The lowest BCUT2D eigenvalue weighted by Gasteiger charge is -2.37. The first kappa shape index (κ1) is 25.1. The molecule has 1 saturated heterocycles. The number of fused-ring (bicyclic) bond motifs is 1. The van der Waals surface area contributed by atoms with Crippen molar-refractivity contribution in [3.8, 4) is 11.3 Å². The smallest absolute Gasteiger partial charge is 0.330 e. The van der Waals surface area contributed by atoms with Gasteiger partial charge in [0.25, 0.3) is 5.91 Å². The first-order chi connectivity index (χ1) is 16.3. The normalized spacial score (nSPS) is 15.7. The van der Waals surface area contributed by atoms with Gasteiger partial charge in [0.2, 0.25) is 0 Å². The lowest BCUT2D eigenvalue weighted by molar-refractivity contribution is -0.149. The van der Waals surface area contributed by atoms with Crippen molar-refractivity contribution in [1.82, 2.24) is 23.9 Å². The fourth-order valence-corrected chi connectivity index (χ4v) is 4.64. The number of aryl methyl sites for hydroxylation is 1. The van der Waals surface area contributed by atoms with Crippen LogP contribution in [-0.2, 0) is 24.9 Å². The van der Waals surface area contributed by atoms with E-state index in [0.717, 1.165) is 36.4 Å². The maximum absolute atomic E-state index is 12.9. The molecule has 8 heteroatoms. The highest BCUT2D eigenvalue weighted by atomic mass is 16.3. The predicted octanol–water partition coefficient (Wildman–Crippen LogP) is 2.86. The molecule has 4 rings (SSSR count). The van der Waals surface area contributed by atoms with Gasteiger partial charge in [-0.25, -0.2) is 9.78 Å². The Morgan fingerprint density at radius 1 is 1.03 bits per heavy atom. The highest BCUT2D eigenvalue weighted by Crippen LogP contribution is 2.24. The van der Waals surface area contributed by atoms with Crippen molar-refractivity contribution in [2.45, 2.75) is 53.3 Å². The number of hydrogen-bond donors (Lipinski definition) is 1. The second-order valence-corrected chi connectivity index (χ2v) is 11.4. The number of nitrogens with zero attached hydrogens (tertiary/aromatic N) is 5. The van der Waals surface area contributed by atoms with Gasteiger partial charge < -0.3 is 10.0 Å². The number of rotatable bonds is 5. The zero-order valence-corrected chi connectivity index (χ0v) is 21.7. The zero-order valence-electron chi connectivity index (χ0n) is 21.7. The van der Waals surface area contributed by atoms with Crippen LogP contribution in [0.2, 0.25) is 0 Å². The van der Waals surface area contributed by atoms with Crippen molar-refractivity contribution < 1.29 is 9.90 Å². The number of carbonyl (C=O) groups is 1. The summed E-state index contributed by atoms with van der Waals surface area (Å²) in [4.78, 5) is 34.1. The number of benzene rings is 1. The maximum Gasteiger partial charge on any atom is 0.330 e. The molecule has 8 nitrogen and oxygen atoms in total. The molecule has 0 unspecified atom stereocenters. The Morgan fingerprint density at radius 2 is 1.71 bits per heavy atom. The van der Waals surface area contributed by atoms with Crippen LogP contribution in [0.3, 0.4) is 0 Å². The second kappa shape index (κ2) is 9.24. The minimum absolute atomic E-state index is 0.0157. The topological polar surface area (TPSA) is 83.6 Å². The van der Waals surface area contributed by atoms with Crippen LogP contribution in [0.1, 0.15) is 40.2 Å². The SMILES string of the molecule is Cn1c(=O)n(CC(C)(C)C)c2ccc(-c3cccc(CN4CCN(C(=O)C(C)(C)O)CC4)c3)nc21. The van der Waals surface area contributed by atoms with E-state index in [9.17, 15) is 14.7 Å². The first-order valence-corrected chi connectivity index (χ1v) is 12.2. The van der Waals surface area contributed by atoms with Gasteiger partial charge >= 0.3 is 5.69 Å². The molecule has 1 aliphatic heterocycles. The van der Waals surface area contributed by atoms with Gasteiger partial charge in [-0.3, -0.25) is 18.8 Å². The predicted molar refractivity (Wildman–Crippen MR) is 138 cm³/mol. The van der Waals surface area contributed by atoms with E-state index in [0.29, 0.717) is 25.3 Å². The van der Waals surface area contributed by atoms with Gasteiger partial charge in [-0.1, -0.05) is 39.0 Å². The summed E-state index contributed by atoms with van der Waals surface area (Å²) in [6.07, 6.45) is 0. The average Bonchev–Trinajstić information content (AvgIpc) is 3.02. The second-order valence-electron chi connectivity index (χ2n) is 11.4. The molecule has 3 heterocycles. The molecule has 1 aromatic carbocycles. The van der Waals surface area contributed by atoms with Crippen LogP contribution in [-0.4, -0.2) is 66.7 Å². The molecule has 188 valence electrons. The molecular formula is C27H37N5O3. The van der Waals surface area contributed by atoms with E-state index in [4.69, 9.17) is 4.98 Å². The van der Waals surface area contributed by atoms with E-state index < -0.39 is 5.60 Å². The Kier molecular flexibility index (Phi) is 6.64. The number of piperazine rings is 1. The molecule has 0 radical (unpaired) electrons. The Balaban J connectivity index is 1.51. The van der Waals surface area contributed by atoms with Crippen LogP contribution < -0.4 is 5.69 Å². The minimum Gasteiger partial charge on any atom is -0.381 e. The highest BCUT2D eigenvalue weighted by molar-refractivity contribution is 5.84. The van der Waals surface area contributed by atoms with Crippen LogP contribution in [0, 0.1) is 5.41 Å². The Labute approximate surface area is 206 Å². The fourth-order valence-electron chi connectivity index (χ4n) is 4.64. The van der Waals surface area contributed by atoms with Gasteiger partial charge in [-0.05, 0) is 43.0 Å². The highest BCUT2D eigenvalue weighted by Gasteiger charge is 2.31. The van der Waals surface area contributed by atoms with Crippen molar-refractivity contribution in [1.29, 1.82) is 0 Å². The third-order valence-electron chi connectivity index (χ3n) is 6.43. The number of pyridine rings is 1.